The third-order valence-electron chi connectivity index (χ3n) is 0.413. The summed E-state index contributed by atoms with van der Waals surface area (Å²) in [5.74, 6) is 0.149. The standard InChI is InChI=1S/C3H6Cl2O2/c4-2-1-3(5,6)7/h6-7H,1-2H2. The van der Waals surface area contributed by atoms with E-state index in [1.807, 2.05) is 0 Å². The van der Waals surface area contributed by atoms with Crippen molar-refractivity contribution in [3.63, 3.8) is 0 Å². The van der Waals surface area contributed by atoms with Crippen LogP contribution in [0.4, 0.5) is 0 Å². The van der Waals surface area contributed by atoms with Gasteiger partial charge in [-0.3, -0.25) is 0 Å². The number of hydrogen-bond acceptors (Lipinski definition) is 2. The molecule has 0 aromatic heterocycles. The largest absolute Gasteiger partial charge is 0.353 e. The van der Waals surface area contributed by atoms with E-state index in [9.17, 15) is 0 Å². The zero-order chi connectivity index (χ0) is 5.91. The summed E-state index contributed by atoms with van der Waals surface area (Å²) in [5, 5.41) is 14.4. The van der Waals surface area contributed by atoms with Crippen molar-refractivity contribution < 1.29 is 10.2 Å². The molecule has 0 aliphatic carbocycles. The minimum Gasteiger partial charge on any atom is -0.353 e. The van der Waals surface area contributed by atoms with Gasteiger partial charge in [0.2, 0.25) is 5.25 Å². The summed E-state index contributed by atoms with van der Waals surface area (Å²) in [6.07, 6.45) is -0.0177. The smallest absolute Gasteiger partial charge is 0.244 e. The van der Waals surface area contributed by atoms with Gasteiger partial charge in [-0.1, -0.05) is 11.6 Å². The van der Waals surface area contributed by atoms with Gasteiger partial charge in [-0.2, -0.15) is 0 Å². The molecular formula is C3H6Cl2O2. The fourth-order valence-corrected chi connectivity index (χ4v) is 0.575. The van der Waals surface area contributed by atoms with Crippen LogP contribution in [0.2, 0.25) is 0 Å². The Kier molecular flexibility index (Phi) is 2.92. The van der Waals surface area contributed by atoms with Crippen molar-refractivity contribution in [2.75, 3.05) is 5.88 Å². The highest BCUT2D eigenvalue weighted by molar-refractivity contribution is 6.22. The molecule has 0 bridgehead atoms. The molecule has 0 amide bonds. The van der Waals surface area contributed by atoms with Crippen molar-refractivity contribution in [1.29, 1.82) is 0 Å². The van der Waals surface area contributed by atoms with Crippen LogP contribution >= 0.6 is 23.2 Å². The van der Waals surface area contributed by atoms with Crippen molar-refractivity contribution in [3.05, 3.63) is 0 Å². The second kappa shape index (κ2) is 2.72. The Balaban J connectivity index is 3.15. The average molecular weight is 145 g/mol. The first kappa shape index (κ1) is 7.50. The molecule has 0 aromatic rings. The molecule has 7 heavy (non-hydrogen) atoms. The monoisotopic (exact) mass is 144 g/mol. The second-order valence-corrected chi connectivity index (χ2v) is 2.14. The molecule has 0 spiro atoms. The van der Waals surface area contributed by atoms with Crippen LogP contribution in [0.3, 0.4) is 0 Å². The highest BCUT2D eigenvalue weighted by Gasteiger charge is 2.15. The molecule has 0 heterocycles. The fraction of sp³-hybridized carbons (Fsp3) is 1.00. The molecule has 4 heteroatoms. The summed E-state index contributed by atoms with van der Waals surface area (Å²) in [7, 11) is 0. The lowest BCUT2D eigenvalue weighted by Gasteiger charge is -2.08. The quantitative estimate of drug-likeness (QED) is 0.438. The first-order valence-corrected chi connectivity index (χ1v) is 2.67. The molecule has 0 unspecified atom stereocenters. The lowest BCUT2D eigenvalue weighted by molar-refractivity contribution is -0.0850. The molecule has 0 saturated heterocycles. The molecule has 0 rings (SSSR count). The fourth-order valence-electron chi connectivity index (χ4n) is 0.120. The Labute approximate surface area is 51.7 Å². The molecule has 0 aliphatic rings. The third-order valence-corrected chi connectivity index (χ3v) is 0.791. The van der Waals surface area contributed by atoms with E-state index in [1.165, 1.54) is 0 Å². The van der Waals surface area contributed by atoms with Crippen molar-refractivity contribution in [2.45, 2.75) is 11.7 Å². The maximum absolute atomic E-state index is 8.25. The molecule has 2 nitrogen and oxygen atoms in total. The number of rotatable bonds is 2. The first-order chi connectivity index (χ1) is 3.06. The Morgan fingerprint density at radius 3 is 1.86 bits per heavy atom. The Bertz CT molecular complexity index is 49.4. The van der Waals surface area contributed by atoms with Gasteiger partial charge in [-0.15, -0.1) is 11.6 Å². The normalized spacial score (nSPS) is 12.0. The minimum absolute atomic E-state index is 0.0177. The van der Waals surface area contributed by atoms with Crippen molar-refractivity contribution in [2.24, 2.45) is 0 Å². The average Bonchev–Trinajstić information content (AvgIpc) is 1.30. The second-order valence-electron chi connectivity index (χ2n) is 1.16. The summed E-state index contributed by atoms with van der Waals surface area (Å²) in [6, 6.07) is 0. The summed E-state index contributed by atoms with van der Waals surface area (Å²) in [5.41, 5.74) is 0. The molecule has 0 aliphatic heterocycles. The van der Waals surface area contributed by atoms with Crippen LogP contribution in [0, 0.1) is 0 Å². The van der Waals surface area contributed by atoms with E-state index < -0.39 is 5.25 Å². The Morgan fingerprint density at radius 1 is 1.43 bits per heavy atom. The first-order valence-electron chi connectivity index (χ1n) is 1.76. The van der Waals surface area contributed by atoms with E-state index in [4.69, 9.17) is 33.4 Å². The van der Waals surface area contributed by atoms with Crippen LogP contribution in [0.25, 0.3) is 0 Å². The molecule has 0 atom stereocenters. The van der Waals surface area contributed by atoms with E-state index in [0.29, 0.717) is 0 Å². The Morgan fingerprint density at radius 2 is 1.86 bits per heavy atom. The summed E-state index contributed by atoms with van der Waals surface area (Å²) < 4.78 is 0. The van der Waals surface area contributed by atoms with E-state index in [2.05, 4.69) is 0 Å². The van der Waals surface area contributed by atoms with Crippen LogP contribution in [0.15, 0.2) is 0 Å². The number of halogens is 2. The van der Waals surface area contributed by atoms with Gasteiger partial charge in [0.1, 0.15) is 0 Å². The van der Waals surface area contributed by atoms with E-state index >= 15 is 0 Å². The van der Waals surface area contributed by atoms with Gasteiger partial charge in [0, 0.05) is 12.3 Å². The summed E-state index contributed by atoms with van der Waals surface area (Å²) in [6.45, 7) is 0. The lowest BCUT2D eigenvalue weighted by atomic mass is 10.5. The zero-order valence-corrected chi connectivity index (χ0v) is 5.08. The maximum Gasteiger partial charge on any atom is 0.244 e. The van der Waals surface area contributed by atoms with Gasteiger partial charge in [0.05, 0.1) is 0 Å². The van der Waals surface area contributed by atoms with Crippen LogP contribution in [-0.4, -0.2) is 21.3 Å². The number of hydrogen-bond donors (Lipinski definition) is 2. The van der Waals surface area contributed by atoms with Crippen LogP contribution < -0.4 is 0 Å². The number of aliphatic hydroxyl groups is 2. The van der Waals surface area contributed by atoms with Gasteiger partial charge < -0.3 is 10.2 Å². The van der Waals surface area contributed by atoms with E-state index in [-0.39, 0.29) is 12.3 Å². The van der Waals surface area contributed by atoms with Gasteiger partial charge >= 0.3 is 0 Å². The zero-order valence-electron chi connectivity index (χ0n) is 3.56. The van der Waals surface area contributed by atoms with Crippen molar-refractivity contribution >= 4 is 23.2 Å². The predicted molar refractivity (Wildman–Crippen MR) is 28.4 cm³/mol. The third kappa shape index (κ3) is 6.50. The number of alkyl halides is 2. The molecule has 2 N–H and O–H groups in total. The van der Waals surface area contributed by atoms with E-state index in [0.717, 1.165) is 0 Å². The molecule has 0 fully saturated rings. The van der Waals surface area contributed by atoms with Crippen molar-refractivity contribution in [1.82, 2.24) is 0 Å². The van der Waals surface area contributed by atoms with Crippen LogP contribution in [0.5, 0.6) is 0 Å². The highest BCUT2D eigenvalue weighted by atomic mass is 35.5. The molecular weight excluding hydrogens is 139 g/mol. The molecule has 0 radical (unpaired) electrons. The predicted octanol–water partition coefficient (Wildman–Crippen LogP) is 0.492. The van der Waals surface area contributed by atoms with Gasteiger partial charge in [-0.25, -0.2) is 0 Å². The molecule has 0 saturated carbocycles. The highest BCUT2D eigenvalue weighted by Crippen LogP contribution is 2.10. The molecule has 0 aromatic carbocycles. The van der Waals surface area contributed by atoms with Gasteiger partial charge in [0.15, 0.2) is 0 Å². The van der Waals surface area contributed by atoms with E-state index in [1.54, 1.807) is 0 Å². The summed E-state index contributed by atoms with van der Waals surface area (Å²) >= 11 is 9.94. The SMILES string of the molecule is OC(O)(Cl)CCCl. The summed E-state index contributed by atoms with van der Waals surface area (Å²) in [4.78, 5) is 0. The molecule has 44 valence electrons. The van der Waals surface area contributed by atoms with Crippen LogP contribution in [0.1, 0.15) is 6.42 Å². The minimum atomic E-state index is -2.11. The van der Waals surface area contributed by atoms with Gasteiger partial charge in [-0.05, 0) is 0 Å². The Hall–Kier alpha value is 0.500. The lowest BCUT2D eigenvalue weighted by Crippen LogP contribution is -2.19. The topological polar surface area (TPSA) is 40.5 Å². The van der Waals surface area contributed by atoms with Gasteiger partial charge in [0.25, 0.3) is 0 Å². The maximum atomic E-state index is 8.25. The van der Waals surface area contributed by atoms with Crippen molar-refractivity contribution in [3.8, 4) is 0 Å². The van der Waals surface area contributed by atoms with Crippen LogP contribution in [-0.2, 0) is 0 Å².